The average molecular weight is 788 g/mol. The first kappa shape index (κ1) is 39.2. The van der Waals surface area contributed by atoms with Gasteiger partial charge in [0, 0.05) is 29.3 Å². The summed E-state index contributed by atoms with van der Waals surface area (Å²) in [6.07, 6.45) is 4.00. The van der Waals surface area contributed by atoms with Gasteiger partial charge in [0.05, 0.1) is 13.1 Å². The van der Waals surface area contributed by atoms with Crippen molar-refractivity contribution in [1.29, 1.82) is 0 Å². The lowest BCUT2D eigenvalue weighted by atomic mass is 10.0. The van der Waals surface area contributed by atoms with Crippen LogP contribution in [0.5, 0.6) is 0 Å². The third-order valence-electron chi connectivity index (χ3n) is 10.00. The van der Waals surface area contributed by atoms with Crippen molar-refractivity contribution in [2.45, 2.75) is 119 Å². The van der Waals surface area contributed by atoms with Crippen LogP contribution in [-0.2, 0) is 47.0 Å². The number of ether oxygens (including phenoxy) is 2. The number of hydrogen-bond acceptors (Lipinski definition) is 10. The summed E-state index contributed by atoms with van der Waals surface area (Å²) < 4.78 is 54.2. The third kappa shape index (κ3) is 8.72. The largest absolute Gasteiger partial charge is 0.444 e. The van der Waals surface area contributed by atoms with Crippen LogP contribution in [0.2, 0.25) is 0 Å². The number of allylic oxidation sites excluding steroid dienone is 1. The Balaban J connectivity index is 1.26. The monoisotopic (exact) mass is 787 g/mol. The summed E-state index contributed by atoms with van der Waals surface area (Å²) in [5.74, 6) is -3.23. The number of sulfonamides is 1. The highest BCUT2D eigenvalue weighted by molar-refractivity contribution is 7.92. The van der Waals surface area contributed by atoms with E-state index in [1.165, 1.54) is 21.9 Å². The number of aryl methyl sites for hydroxylation is 1. The van der Waals surface area contributed by atoms with Crippen molar-refractivity contribution in [3.63, 3.8) is 0 Å². The quantitative estimate of drug-likeness (QED) is 0.370. The maximum absolute atomic E-state index is 14.4. The molecule has 54 heavy (non-hydrogen) atoms. The summed E-state index contributed by atoms with van der Waals surface area (Å²) in [5, 5.41) is 5.45. The average Bonchev–Trinajstić information content (AvgIpc) is 3.46. The van der Waals surface area contributed by atoms with Crippen LogP contribution in [0.4, 0.5) is 14.0 Å². The van der Waals surface area contributed by atoms with Crippen LogP contribution in [-0.4, -0.2) is 84.0 Å². The van der Waals surface area contributed by atoms with Gasteiger partial charge in [-0.3, -0.25) is 19.3 Å². The molecule has 1 aromatic heterocycles. The molecule has 14 nitrogen and oxygen atoms in total. The predicted octanol–water partition coefficient (Wildman–Crippen LogP) is 4.41. The molecule has 1 aliphatic carbocycles. The first-order valence-electron chi connectivity index (χ1n) is 18.1. The van der Waals surface area contributed by atoms with Crippen LogP contribution in [0.15, 0.2) is 46.7 Å². The molecule has 1 saturated carbocycles. The smallest absolute Gasteiger partial charge is 0.410 e. The van der Waals surface area contributed by atoms with E-state index < -0.39 is 81.0 Å². The molecule has 4 aliphatic rings. The molecule has 292 valence electrons. The van der Waals surface area contributed by atoms with Gasteiger partial charge in [0.15, 0.2) is 0 Å². The molecule has 1 saturated heterocycles. The van der Waals surface area contributed by atoms with Crippen LogP contribution in [0.25, 0.3) is 0 Å². The second-order valence-electron chi connectivity index (χ2n) is 15.3. The van der Waals surface area contributed by atoms with Crippen molar-refractivity contribution >= 4 is 51.3 Å². The zero-order valence-corrected chi connectivity index (χ0v) is 32.3. The number of amides is 5. The molecule has 0 bridgehead atoms. The van der Waals surface area contributed by atoms with E-state index in [9.17, 15) is 36.8 Å². The molecule has 0 radical (unpaired) electrons. The first-order chi connectivity index (χ1) is 25.5. The highest BCUT2D eigenvalue weighted by Gasteiger charge is 2.62. The fraction of sp³-hybridized carbons (Fsp3) is 0.541. The van der Waals surface area contributed by atoms with Gasteiger partial charge >= 0.3 is 12.2 Å². The molecular weight excluding hydrogens is 742 g/mol. The van der Waals surface area contributed by atoms with E-state index in [1.807, 2.05) is 6.08 Å². The van der Waals surface area contributed by atoms with Crippen LogP contribution in [0, 0.1) is 18.7 Å². The number of hydrogen-bond donors (Lipinski definition) is 3. The number of carbonyl (C=O) groups excluding carboxylic acids is 5. The molecular formula is C37H46FN5O9S2. The van der Waals surface area contributed by atoms with Crippen LogP contribution >= 0.6 is 11.3 Å². The predicted molar refractivity (Wildman–Crippen MR) is 195 cm³/mol. The number of rotatable bonds is 5. The van der Waals surface area contributed by atoms with Gasteiger partial charge < -0.3 is 25.0 Å². The van der Waals surface area contributed by atoms with Crippen molar-refractivity contribution in [2.24, 2.45) is 5.92 Å². The van der Waals surface area contributed by atoms with E-state index >= 15 is 0 Å². The Hall–Kier alpha value is -4.51. The Bertz CT molecular complexity index is 1960. The van der Waals surface area contributed by atoms with Gasteiger partial charge in [0.25, 0.3) is 15.9 Å². The minimum Gasteiger partial charge on any atom is -0.444 e. The van der Waals surface area contributed by atoms with Crippen molar-refractivity contribution in [1.82, 2.24) is 25.2 Å². The van der Waals surface area contributed by atoms with Gasteiger partial charge in [-0.1, -0.05) is 37.1 Å². The normalized spacial score (nSPS) is 26.6. The van der Waals surface area contributed by atoms with Gasteiger partial charge in [-0.15, -0.1) is 11.3 Å². The maximum Gasteiger partial charge on any atom is 0.410 e. The van der Waals surface area contributed by atoms with Crippen molar-refractivity contribution < 1.29 is 46.3 Å². The Morgan fingerprint density at radius 2 is 1.85 bits per heavy atom. The Kier molecular flexibility index (Phi) is 11.1. The second-order valence-corrected chi connectivity index (χ2v) is 18.5. The molecule has 3 N–H and O–H groups in total. The minimum absolute atomic E-state index is 0.0114. The van der Waals surface area contributed by atoms with E-state index in [4.69, 9.17) is 9.47 Å². The van der Waals surface area contributed by atoms with Gasteiger partial charge in [0.2, 0.25) is 11.8 Å². The summed E-state index contributed by atoms with van der Waals surface area (Å²) >= 11 is 1.00. The molecule has 5 amide bonds. The number of benzene rings is 1. The van der Waals surface area contributed by atoms with Gasteiger partial charge in [-0.25, -0.2) is 27.1 Å². The van der Waals surface area contributed by atoms with E-state index in [1.54, 1.807) is 52.0 Å². The fourth-order valence-corrected chi connectivity index (χ4v) is 9.48. The molecule has 0 spiro atoms. The lowest BCUT2D eigenvalue weighted by molar-refractivity contribution is -0.141. The summed E-state index contributed by atoms with van der Waals surface area (Å²) in [4.78, 5) is 72.1. The Labute approximate surface area is 317 Å². The Morgan fingerprint density at radius 3 is 2.56 bits per heavy atom. The zero-order valence-electron chi connectivity index (χ0n) is 30.7. The lowest BCUT2D eigenvalue weighted by Gasteiger charge is -2.30. The minimum atomic E-state index is -4.25. The fourth-order valence-electron chi connectivity index (χ4n) is 7.16. The topological polar surface area (TPSA) is 181 Å². The van der Waals surface area contributed by atoms with Crippen LogP contribution in [0.3, 0.4) is 0 Å². The highest BCUT2D eigenvalue weighted by atomic mass is 32.2. The number of halogens is 1. The standard InChI is InChI=1S/C37H46FN5O9S2/c1-22-15-16-30(53-22)54(49,50)41-33(46)37-18-24(37)12-8-6-5-7-9-14-28(39-34(47)52-36(2,3)4)32(45)43-20-25(17-29(43)31(44)40-37)51-35(48)42-19-23-11-10-13-27(38)26(23)21-42/h8,10-13,15-16,24-25,28-29H,5-7,9,14,17-21H2,1-4H3,(H,39,47)(H,40,44)(H,41,46)/b12-8-/t24-,25+,28-,29-,37+/m0/s1. The summed E-state index contributed by atoms with van der Waals surface area (Å²) in [6, 6.07) is 5.26. The number of carbonyl (C=O) groups is 5. The molecule has 1 aromatic carbocycles. The maximum atomic E-state index is 14.4. The van der Waals surface area contributed by atoms with E-state index in [0.29, 0.717) is 30.4 Å². The molecule has 2 aromatic rings. The first-order valence-corrected chi connectivity index (χ1v) is 20.4. The lowest BCUT2D eigenvalue weighted by Crippen LogP contribution is -2.58. The SMILES string of the molecule is Cc1ccc(S(=O)(=O)NC(=O)[C@@]23C[C@@H]2/C=C\CCCCC[C@H](NC(=O)OC(C)(C)C)C(=O)N2C[C@H](OC(=O)N4Cc5cccc(F)c5C4)C[C@H]2C(=O)N3)s1. The van der Waals surface area contributed by atoms with Crippen molar-refractivity contribution in [3.8, 4) is 0 Å². The van der Waals surface area contributed by atoms with E-state index in [-0.39, 0.29) is 43.1 Å². The van der Waals surface area contributed by atoms with Crippen molar-refractivity contribution in [2.75, 3.05) is 6.54 Å². The summed E-state index contributed by atoms with van der Waals surface area (Å²) in [6.45, 7) is 6.71. The molecule has 2 fully saturated rings. The molecule has 17 heteroatoms. The van der Waals surface area contributed by atoms with Gasteiger partial charge in [0.1, 0.15) is 39.4 Å². The number of thiophene rings is 1. The number of fused-ring (bicyclic) bond motifs is 3. The molecule has 0 unspecified atom stereocenters. The zero-order chi connectivity index (χ0) is 39.0. The number of nitrogens with one attached hydrogen (secondary N) is 3. The highest BCUT2D eigenvalue weighted by Crippen LogP contribution is 2.46. The molecule has 4 heterocycles. The van der Waals surface area contributed by atoms with E-state index in [2.05, 4.69) is 15.4 Å². The molecule has 6 rings (SSSR count). The third-order valence-corrected chi connectivity index (χ3v) is 12.8. The molecule has 5 atom stereocenters. The van der Waals surface area contributed by atoms with Crippen LogP contribution in [0.1, 0.15) is 81.7 Å². The Morgan fingerprint density at radius 1 is 1.07 bits per heavy atom. The second kappa shape index (κ2) is 15.3. The van der Waals surface area contributed by atoms with Gasteiger partial charge in [-0.05, 0) is 77.1 Å². The van der Waals surface area contributed by atoms with Crippen LogP contribution < -0.4 is 15.4 Å². The van der Waals surface area contributed by atoms with Crippen molar-refractivity contribution in [3.05, 3.63) is 64.3 Å². The van der Waals surface area contributed by atoms with E-state index in [0.717, 1.165) is 22.6 Å². The number of alkyl carbamates (subject to hydrolysis) is 1. The summed E-state index contributed by atoms with van der Waals surface area (Å²) in [7, 11) is -4.25. The molecule has 3 aliphatic heterocycles. The summed E-state index contributed by atoms with van der Waals surface area (Å²) in [5.41, 5.74) is -1.45. The number of nitrogens with zero attached hydrogens (tertiary/aromatic N) is 2. The van der Waals surface area contributed by atoms with Gasteiger partial charge in [-0.2, -0.15) is 0 Å².